The van der Waals surface area contributed by atoms with E-state index >= 15 is 0 Å². The Labute approximate surface area is 91.7 Å². The molecule has 0 spiro atoms. The van der Waals surface area contributed by atoms with E-state index in [-0.39, 0.29) is 12.1 Å². The first-order valence-electron chi connectivity index (χ1n) is 6.15. The van der Waals surface area contributed by atoms with Crippen LogP contribution in [0.2, 0.25) is 0 Å². The van der Waals surface area contributed by atoms with Crippen LogP contribution in [0.5, 0.6) is 0 Å². The van der Waals surface area contributed by atoms with Crippen molar-refractivity contribution < 1.29 is 9.53 Å². The normalized spacial score (nSPS) is 36.3. The largest absolute Gasteiger partial charge is 0.462 e. The van der Waals surface area contributed by atoms with Crippen LogP contribution in [0.25, 0.3) is 0 Å². The summed E-state index contributed by atoms with van der Waals surface area (Å²) < 4.78 is 5.55. The molecule has 1 heterocycles. The van der Waals surface area contributed by atoms with Gasteiger partial charge in [0, 0.05) is 12.3 Å². The second-order valence-electron chi connectivity index (χ2n) is 4.68. The van der Waals surface area contributed by atoms with Gasteiger partial charge in [-0.2, -0.15) is 0 Å². The summed E-state index contributed by atoms with van der Waals surface area (Å²) in [6, 6.07) is 0. The topological polar surface area (TPSA) is 26.3 Å². The third kappa shape index (κ3) is 2.42. The van der Waals surface area contributed by atoms with E-state index in [1.54, 1.807) is 0 Å². The fourth-order valence-corrected chi connectivity index (χ4v) is 2.91. The van der Waals surface area contributed by atoms with Crippen LogP contribution in [-0.2, 0) is 9.53 Å². The molecule has 0 aromatic rings. The van der Waals surface area contributed by atoms with Crippen molar-refractivity contribution in [2.75, 3.05) is 0 Å². The Morgan fingerprint density at radius 2 is 2.27 bits per heavy atom. The lowest BCUT2D eigenvalue weighted by Crippen LogP contribution is -2.24. The molecule has 1 aliphatic carbocycles. The van der Waals surface area contributed by atoms with Crippen molar-refractivity contribution in [3.05, 3.63) is 12.2 Å². The van der Waals surface area contributed by atoms with Gasteiger partial charge in [0.05, 0.1) is 0 Å². The van der Waals surface area contributed by atoms with Crippen molar-refractivity contribution in [3.8, 4) is 0 Å². The van der Waals surface area contributed by atoms with E-state index in [1.807, 2.05) is 0 Å². The highest BCUT2D eigenvalue weighted by Crippen LogP contribution is 2.39. The van der Waals surface area contributed by atoms with Gasteiger partial charge < -0.3 is 4.74 Å². The van der Waals surface area contributed by atoms with Gasteiger partial charge >= 0.3 is 5.97 Å². The van der Waals surface area contributed by atoms with Crippen LogP contribution in [-0.4, -0.2) is 12.1 Å². The van der Waals surface area contributed by atoms with Crippen LogP contribution in [0.4, 0.5) is 0 Å². The van der Waals surface area contributed by atoms with Gasteiger partial charge in [-0.15, -0.1) is 0 Å². The fourth-order valence-electron chi connectivity index (χ4n) is 2.91. The van der Waals surface area contributed by atoms with Gasteiger partial charge in [0.25, 0.3) is 0 Å². The Hall–Kier alpha value is -0.790. The highest BCUT2D eigenvalue weighted by Gasteiger charge is 2.36. The van der Waals surface area contributed by atoms with Gasteiger partial charge in [0.15, 0.2) is 0 Å². The van der Waals surface area contributed by atoms with Gasteiger partial charge in [0.2, 0.25) is 0 Å². The van der Waals surface area contributed by atoms with E-state index in [1.165, 1.54) is 12.8 Å². The quantitative estimate of drug-likeness (QED) is 0.489. The van der Waals surface area contributed by atoms with Gasteiger partial charge in [-0.1, -0.05) is 25.5 Å². The highest BCUT2D eigenvalue weighted by atomic mass is 16.5. The van der Waals surface area contributed by atoms with Crippen LogP contribution in [0, 0.1) is 11.8 Å². The van der Waals surface area contributed by atoms with E-state index in [0.29, 0.717) is 12.3 Å². The molecule has 2 nitrogen and oxygen atoms in total. The first-order valence-corrected chi connectivity index (χ1v) is 6.15. The minimum absolute atomic E-state index is 0.00620. The Morgan fingerprint density at radius 3 is 3.07 bits per heavy atom. The summed E-state index contributed by atoms with van der Waals surface area (Å²) in [6.07, 6.45) is 10.6. The number of esters is 1. The van der Waals surface area contributed by atoms with Crippen molar-refractivity contribution in [2.24, 2.45) is 11.8 Å². The first kappa shape index (κ1) is 10.7. The molecule has 2 aliphatic rings. The maximum atomic E-state index is 11.5. The Kier molecular flexibility index (Phi) is 3.45. The number of hydrogen-bond donors (Lipinski definition) is 0. The van der Waals surface area contributed by atoms with Crippen molar-refractivity contribution in [1.29, 1.82) is 0 Å². The van der Waals surface area contributed by atoms with Crippen molar-refractivity contribution >= 4 is 5.97 Å². The maximum absolute atomic E-state index is 11.5. The number of rotatable bonds is 1. The van der Waals surface area contributed by atoms with Crippen LogP contribution >= 0.6 is 0 Å². The van der Waals surface area contributed by atoms with Gasteiger partial charge in [-0.05, 0) is 31.6 Å². The molecule has 3 atom stereocenters. The third-order valence-corrected chi connectivity index (χ3v) is 3.80. The number of allylic oxidation sites excluding steroid dienone is 2. The SMILES string of the molecule is CCC1CCC2OC(=O)CCC=CCC12. The molecule has 0 N–H and O–H groups in total. The molecule has 0 radical (unpaired) electrons. The second-order valence-corrected chi connectivity index (χ2v) is 4.68. The zero-order chi connectivity index (χ0) is 10.7. The summed E-state index contributed by atoms with van der Waals surface area (Å²) in [5.74, 6) is 1.33. The second kappa shape index (κ2) is 4.82. The Balaban J connectivity index is 2.08. The maximum Gasteiger partial charge on any atom is 0.306 e. The number of ether oxygens (including phenoxy) is 1. The summed E-state index contributed by atoms with van der Waals surface area (Å²) in [4.78, 5) is 11.5. The molecule has 2 heteroatoms. The van der Waals surface area contributed by atoms with Crippen molar-refractivity contribution in [2.45, 2.75) is 51.6 Å². The number of fused-ring (bicyclic) bond motifs is 1. The summed E-state index contributed by atoms with van der Waals surface area (Å²) in [5.41, 5.74) is 0. The lowest BCUT2D eigenvalue weighted by molar-refractivity contribution is -0.150. The highest BCUT2D eigenvalue weighted by molar-refractivity contribution is 5.69. The molecule has 15 heavy (non-hydrogen) atoms. The third-order valence-electron chi connectivity index (χ3n) is 3.80. The van der Waals surface area contributed by atoms with E-state index in [9.17, 15) is 4.79 Å². The fraction of sp³-hybridized carbons (Fsp3) is 0.769. The summed E-state index contributed by atoms with van der Waals surface area (Å²) in [7, 11) is 0. The summed E-state index contributed by atoms with van der Waals surface area (Å²) in [6.45, 7) is 2.24. The van der Waals surface area contributed by atoms with Gasteiger partial charge in [-0.3, -0.25) is 4.79 Å². The zero-order valence-electron chi connectivity index (χ0n) is 9.45. The molecular weight excluding hydrogens is 188 g/mol. The lowest BCUT2D eigenvalue weighted by atomic mass is 9.89. The van der Waals surface area contributed by atoms with Crippen LogP contribution in [0.15, 0.2) is 12.2 Å². The van der Waals surface area contributed by atoms with E-state index < -0.39 is 0 Å². The Morgan fingerprint density at radius 1 is 1.40 bits per heavy atom. The first-order chi connectivity index (χ1) is 7.31. The molecule has 0 bridgehead atoms. The van der Waals surface area contributed by atoms with Crippen LogP contribution in [0.1, 0.15) is 45.4 Å². The number of carbonyl (C=O) groups is 1. The van der Waals surface area contributed by atoms with Crippen LogP contribution < -0.4 is 0 Å². The molecule has 0 amide bonds. The van der Waals surface area contributed by atoms with Crippen molar-refractivity contribution in [1.82, 2.24) is 0 Å². The number of hydrogen-bond acceptors (Lipinski definition) is 2. The molecule has 2 rings (SSSR count). The van der Waals surface area contributed by atoms with E-state index in [2.05, 4.69) is 19.1 Å². The molecule has 1 aliphatic heterocycles. The Bertz CT molecular complexity index is 257. The molecule has 1 saturated carbocycles. The zero-order valence-corrected chi connectivity index (χ0v) is 9.45. The average Bonchev–Trinajstić information content (AvgIpc) is 2.61. The molecular formula is C13H20O2. The molecule has 0 aromatic carbocycles. The minimum atomic E-state index is -0.00620. The smallest absolute Gasteiger partial charge is 0.306 e. The molecule has 0 saturated heterocycles. The molecule has 84 valence electrons. The van der Waals surface area contributed by atoms with E-state index in [4.69, 9.17) is 4.74 Å². The monoisotopic (exact) mass is 208 g/mol. The lowest BCUT2D eigenvalue weighted by Gasteiger charge is -2.22. The minimum Gasteiger partial charge on any atom is -0.462 e. The van der Waals surface area contributed by atoms with Gasteiger partial charge in [0.1, 0.15) is 6.10 Å². The molecule has 3 unspecified atom stereocenters. The molecule has 1 fully saturated rings. The standard InChI is InChI=1S/C13H20O2/c1-2-10-8-9-12-11(10)6-4-3-5-7-13(14)15-12/h3-4,10-12H,2,5-9H2,1H3. The summed E-state index contributed by atoms with van der Waals surface area (Å²) in [5, 5.41) is 0. The molecule has 0 aromatic heterocycles. The van der Waals surface area contributed by atoms with Gasteiger partial charge in [-0.25, -0.2) is 0 Å². The predicted molar refractivity (Wildman–Crippen MR) is 59.4 cm³/mol. The van der Waals surface area contributed by atoms with E-state index in [0.717, 1.165) is 25.2 Å². The summed E-state index contributed by atoms with van der Waals surface area (Å²) >= 11 is 0. The van der Waals surface area contributed by atoms with Crippen LogP contribution in [0.3, 0.4) is 0 Å². The van der Waals surface area contributed by atoms with Crippen molar-refractivity contribution in [3.63, 3.8) is 0 Å². The predicted octanol–water partition coefficient (Wildman–Crippen LogP) is 3.07. The average molecular weight is 208 g/mol. The number of carbonyl (C=O) groups excluding carboxylic acids is 1.